The Bertz CT molecular complexity index is 678. The predicted molar refractivity (Wildman–Crippen MR) is 84.8 cm³/mol. The Labute approximate surface area is 130 Å². The predicted octanol–water partition coefficient (Wildman–Crippen LogP) is 3.53. The van der Waals surface area contributed by atoms with Crippen LogP contribution in [-0.2, 0) is 19.4 Å². The number of anilines is 1. The van der Waals surface area contributed by atoms with Crippen molar-refractivity contribution in [1.82, 2.24) is 10.1 Å². The lowest BCUT2D eigenvalue weighted by atomic mass is 9.90. The summed E-state index contributed by atoms with van der Waals surface area (Å²) in [6.07, 6.45) is 4.56. The van der Waals surface area contributed by atoms with Crippen LogP contribution in [0.3, 0.4) is 0 Å². The summed E-state index contributed by atoms with van der Waals surface area (Å²) in [5, 5.41) is 6.94. The highest BCUT2D eigenvalue weighted by Gasteiger charge is 2.16. The van der Waals surface area contributed by atoms with E-state index in [1.807, 2.05) is 25.1 Å². The van der Waals surface area contributed by atoms with Gasteiger partial charge in [0, 0.05) is 18.8 Å². The van der Waals surface area contributed by atoms with Crippen molar-refractivity contribution < 1.29 is 9.32 Å². The second-order valence-corrected chi connectivity index (χ2v) is 5.87. The number of amides is 2. The van der Waals surface area contributed by atoms with Gasteiger partial charge in [0.2, 0.25) is 0 Å². The second-order valence-electron chi connectivity index (χ2n) is 5.87. The van der Waals surface area contributed by atoms with Gasteiger partial charge < -0.3 is 14.7 Å². The molecule has 0 unspecified atom stereocenters. The molecule has 0 saturated heterocycles. The molecule has 0 aliphatic heterocycles. The fourth-order valence-electron chi connectivity index (χ4n) is 2.92. The van der Waals surface area contributed by atoms with E-state index >= 15 is 0 Å². The van der Waals surface area contributed by atoms with Crippen LogP contribution in [0.5, 0.6) is 0 Å². The number of fused-ring (bicyclic) bond motifs is 1. The Kier molecular flexibility index (Phi) is 4.13. The maximum absolute atomic E-state index is 12.4. The molecule has 0 fully saturated rings. The van der Waals surface area contributed by atoms with E-state index in [1.54, 1.807) is 11.9 Å². The zero-order valence-corrected chi connectivity index (χ0v) is 13.1. The molecule has 1 N–H and O–H groups in total. The van der Waals surface area contributed by atoms with Crippen LogP contribution in [0.15, 0.2) is 28.8 Å². The Morgan fingerprint density at radius 3 is 2.95 bits per heavy atom. The molecule has 0 spiro atoms. The van der Waals surface area contributed by atoms with Crippen molar-refractivity contribution in [1.29, 1.82) is 0 Å². The monoisotopic (exact) mass is 299 g/mol. The van der Waals surface area contributed by atoms with Crippen molar-refractivity contribution in [3.63, 3.8) is 0 Å². The zero-order chi connectivity index (χ0) is 15.5. The molecule has 3 rings (SSSR count). The lowest BCUT2D eigenvalue weighted by Crippen LogP contribution is -2.31. The van der Waals surface area contributed by atoms with Crippen molar-refractivity contribution in [2.24, 2.45) is 0 Å². The van der Waals surface area contributed by atoms with E-state index in [0.29, 0.717) is 6.54 Å². The smallest absolute Gasteiger partial charge is 0.321 e. The summed E-state index contributed by atoms with van der Waals surface area (Å²) in [5.74, 6) is 0.751. The fourth-order valence-corrected chi connectivity index (χ4v) is 2.92. The molecule has 0 saturated carbocycles. The maximum Gasteiger partial charge on any atom is 0.321 e. The average molecular weight is 299 g/mol. The molecule has 1 aromatic heterocycles. The second kappa shape index (κ2) is 6.22. The van der Waals surface area contributed by atoms with E-state index in [9.17, 15) is 4.79 Å². The molecule has 5 heteroatoms. The highest BCUT2D eigenvalue weighted by molar-refractivity contribution is 5.90. The first-order chi connectivity index (χ1) is 10.6. The van der Waals surface area contributed by atoms with Gasteiger partial charge in [-0.2, -0.15) is 0 Å². The highest BCUT2D eigenvalue weighted by atomic mass is 16.5. The standard InChI is InChI=1S/C17H21N3O2/c1-12-10-14(19-22-12)11-20(2)17(21)18-16-9-5-7-13-6-3-4-8-15(13)16/h5,7,9-10H,3-4,6,8,11H2,1-2H3,(H,18,21). The molecule has 0 atom stereocenters. The van der Waals surface area contributed by atoms with Crippen LogP contribution in [0, 0.1) is 6.92 Å². The number of carbonyl (C=O) groups is 1. The number of aryl methyl sites for hydroxylation is 2. The minimum absolute atomic E-state index is 0.125. The van der Waals surface area contributed by atoms with Crippen molar-refractivity contribution in [2.45, 2.75) is 39.2 Å². The first-order valence-electron chi connectivity index (χ1n) is 7.68. The number of benzene rings is 1. The maximum atomic E-state index is 12.4. The van der Waals surface area contributed by atoms with Crippen molar-refractivity contribution >= 4 is 11.7 Å². The van der Waals surface area contributed by atoms with Crippen molar-refractivity contribution in [3.8, 4) is 0 Å². The van der Waals surface area contributed by atoms with Crippen LogP contribution in [-0.4, -0.2) is 23.1 Å². The summed E-state index contributed by atoms with van der Waals surface area (Å²) in [7, 11) is 1.76. The van der Waals surface area contributed by atoms with Gasteiger partial charge in [-0.05, 0) is 49.8 Å². The van der Waals surface area contributed by atoms with Crippen molar-refractivity contribution in [2.75, 3.05) is 12.4 Å². The number of rotatable bonds is 3. The number of hydrogen-bond acceptors (Lipinski definition) is 3. The Morgan fingerprint density at radius 2 is 2.18 bits per heavy atom. The Hall–Kier alpha value is -2.30. The van der Waals surface area contributed by atoms with E-state index in [4.69, 9.17) is 4.52 Å². The van der Waals surface area contributed by atoms with Crippen LogP contribution < -0.4 is 5.32 Å². The van der Waals surface area contributed by atoms with Gasteiger partial charge in [0.25, 0.3) is 0 Å². The Morgan fingerprint density at radius 1 is 1.36 bits per heavy atom. The minimum atomic E-state index is -0.125. The first kappa shape index (κ1) is 14.6. The summed E-state index contributed by atoms with van der Waals surface area (Å²) >= 11 is 0. The third-order valence-corrected chi connectivity index (χ3v) is 4.06. The van der Waals surface area contributed by atoms with Crippen molar-refractivity contribution in [3.05, 3.63) is 46.8 Å². The van der Waals surface area contributed by atoms with E-state index in [0.717, 1.165) is 30.0 Å². The molecular formula is C17H21N3O2. The number of aromatic nitrogens is 1. The largest absolute Gasteiger partial charge is 0.361 e. The number of nitrogens with one attached hydrogen (secondary N) is 1. The first-order valence-corrected chi connectivity index (χ1v) is 7.68. The van der Waals surface area contributed by atoms with Crippen LogP contribution in [0.2, 0.25) is 0 Å². The number of hydrogen-bond donors (Lipinski definition) is 1. The van der Waals surface area contributed by atoms with E-state index in [2.05, 4.69) is 16.5 Å². The van der Waals surface area contributed by atoms with Gasteiger partial charge in [-0.3, -0.25) is 0 Å². The Balaban J connectivity index is 1.69. The lowest BCUT2D eigenvalue weighted by molar-refractivity contribution is 0.219. The molecule has 1 aliphatic rings. The van der Waals surface area contributed by atoms with E-state index in [1.165, 1.54) is 24.0 Å². The minimum Gasteiger partial charge on any atom is -0.361 e. The molecule has 5 nitrogen and oxygen atoms in total. The highest BCUT2D eigenvalue weighted by Crippen LogP contribution is 2.28. The third kappa shape index (κ3) is 3.13. The lowest BCUT2D eigenvalue weighted by Gasteiger charge is -2.22. The molecule has 0 bridgehead atoms. The van der Waals surface area contributed by atoms with Crippen LogP contribution in [0.25, 0.3) is 0 Å². The summed E-state index contributed by atoms with van der Waals surface area (Å²) in [4.78, 5) is 14.0. The fraction of sp³-hybridized carbons (Fsp3) is 0.412. The quantitative estimate of drug-likeness (QED) is 0.943. The zero-order valence-electron chi connectivity index (χ0n) is 13.1. The van der Waals surface area contributed by atoms with Crippen LogP contribution >= 0.6 is 0 Å². The number of urea groups is 1. The average Bonchev–Trinajstić information content (AvgIpc) is 2.92. The summed E-state index contributed by atoms with van der Waals surface area (Å²) in [6, 6.07) is 7.87. The van der Waals surface area contributed by atoms with Gasteiger partial charge in [0.05, 0.1) is 6.54 Å². The van der Waals surface area contributed by atoms with Gasteiger partial charge in [-0.1, -0.05) is 17.3 Å². The number of nitrogens with zero attached hydrogens (tertiary/aromatic N) is 2. The number of carbonyl (C=O) groups excluding carboxylic acids is 1. The molecular weight excluding hydrogens is 278 g/mol. The van der Waals surface area contributed by atoms with Crippen LogP contribution in [0.4, 0.5) is 10.5 Å². The molecule has 0 radical (unpaired) electrons. The third-order valence-electron chi connectivity index (χ3n) is 4.06. The normalized spacial score (nSPS) is 13.5. The topological polar surface area (TPSA) is 58.4 Å². The van der Waals surface area contributed by atoms with Crippen LogP contribution in [0.1, 0.15) is 35.4 Å². The van der Waals surface area contributed by atoms with E-state index < -0.39 is 0 Å². The van der Waals surface area contributed by atoms with Gasteiger partial charge in [0.1, 0.15) is 11.5 Å². The molecule has 1 aliphatic carbocycles. The SMILES string of the molecule is Cc1cc(CN(C)C(=O)Nc2cccc3c2CCCC3)no1. The van der Waals surface area contributed by atoms with Gasteiger partial charge in [-0.15, -0.1) is 0 Å². The van der Waals surface area contributed by atoms with Gasteiger partial charge >= 0.3 is 6.03 Å². The molecule has 2 aromatic rings. The summed E-state index contributed by atoms with van der Waals surface area (Å²) in [5.41, 5.74) is 4.34. The molecule has 1 heterocycles. The molecule has 1 aromatic carbocycles. The molecule has 2 amide bonds. The van der Waals surface area contributed by atoms with Gasteiger partial charge in [-0.25, -0.2) is 4.79 Å². The summed E-state index contributed by atoms with van der Waals surface area (Å²) < 4.78 is 5.03. The molecule has 116 valence electrons. The van der Waals surface area contributed by atoms with E-state index in [-0.39, 0.29) is 6.03 Å². The van der Waals surface area contributed by atoms with Gasteiger partial charge in [0.15, 0.2) is 0 Å². The molecule has 22 heavy (non-hydrogen) atoms. The summed E-state index contributed by atoms with van der Waals surface area (Å²) in [6.45, 7) is 2.27.